The maximum atomic E-state index is 13.1. The van der Waals surface area contributed by atoms with E-state index in [1.807, 2.05) is 0 Å². The topological polar surface area (TPSA) is 111 Å². The van der Waals surface area contributed by atoms with Gasteiger partial charge in [0.2, 0.25) is 10.0 Å². The quantitative estimate of drug-likeness (QED) is 0.531. The van der Waals surface area contributed by atoms with Gasteiger partial charge in [0.15, 0.2) is 5.69 Å². The van der Waals surface area contributed by atoms with Crippen molar-refractivity contribution in [2.75, 3.05) is 12.8 Å². The highest BCUT2D eigenvalue weighted by Crippen LogP contribution is 2.32. The van der Waals surface area contributed by atoms with Gasteiger partial charge < -0.3 is 14.5 Å². The van der Waals surface area contributed by atoms with E-state index in [4.69, 9.17) is 9.15 Å². The molecule has 0 saturated heterocycles. The molecule has 1 amide bonds. The Labute approximate surface area is 181 Å². The van der Waals surface area contributed by atoms with Gasteiger partial charge in [-0.15, -0.1) is 0 Å². The number of carbonyl (C=O) groups is 1. The van der Waals surface area contributed by atoms with Crippen LogP contribution in [0.5, 0.6) is 5.75 Å². The first-order valence-electron chi connectivity index (χ1n) is 9.15. The van der Waals surface area contributed by atoms with E-state index in [1.165, 1.54) is 30.3 Å². The molecule has 32 heavy (non-hydrogen) atoms. The highest BCUT2D eigenvalue weighted by Gasteiger charge is 2.35. The lowest BCUT2D eigenvalue weighted by Gasteiger charge is -2.12. The third-order valence-corrected chi connectivity index (χ3v) is 4.77. The molecule has 0 radical (unpaired) electrons. The number of halogens is 3. The van der Waals surface area contributed by atoms with Crippen LogP contribution in [0.3, 0.4) is 0 Å². The van der Waals surface area contributed by atoms with E-state index < -0.39 is 27.8 Å². The van der Waals surface area contributed by atoms with Gasteiger partial charge in [-0.25, -0.2) is 8.42 Å². The Morgan fingerprint density at radius 2 is 2.06 bits per heavy atom. The number of carbonyl (C=O) groups excluding carboxylic acids is 1. The zero-order chi connectivity index (χ0) is 23.5. The fraction of sp³-hybridized carbons (Fsp3) is 0.250. The highest BCUT2D eigenvalue weighted by molar-refractivity contribution is 7.89. The third kappa shape index (κ3) is 5.63. The summed E-state index contributed by atoms with van der Waals surface area (Å²) in [6.07, 6.45) is -1.59. The Morgan fingerprint density at radius 1 is 1.31 bits per heavy atom. The molecule has 2 aromatic heterocycles. The monoisotopic (exact) mass is 469 g/mol. The van der Waals surface area contributed by atoms with Crippen LogP contribution in [0.2, 0.25) is 0 Å². The number of rotatable bonds is 7. The number of hydrogen-bond acceptors (Lipinski definition) is 6. The van der Waals surface area contributed by atoms with Crippen LogP contribution in [0.15, 0.2) is 45.3 Å². The van der Waals surface area contributed by atoms with Crippen molar-refractivity contribution in [1.82, 2.24) is 10.3 Å². The molecule has 0 aliphatic carbocycles. The van der Waals surface area contributed by atoms with E-state index in [0.29, 0.717) is 16.7 Å². The standard InChI is InChI=1S/C20H18F3N3O5S/c1-12-17(19(27)25-8-9-26-32(2,28)29)15-10-14(5-6-16(15)31-12)30-11-13-4-3-7-24-18(13)20(21,22)23/h3-7,9-10H,8,11H2,1-2H3,(H,25,27)/b26-9+. The number of sulfonamides is 1. The summed E-state index contributed by atoms with van der Waals surface area (Å²) in [7, 11) is -3.56. The summed E-state index contributed by atoms with van der Waals surface area (Å²) in [5.74, 6) is -0.00532. The molecule has 170 valence electrons. The van der Waals surface area contributed by atoms with Crippen molar-refractivity contribution >= 4 is 33.1 Å². The van der Waals surface area contributed by atoms with Crippen molar-refractivity contribution < 1.29 is 35.5 Å². The number of nitrogens with one attached hydrogen (secondary N) is 1. The summed E-state index contributed by atoms with van der Waals surface area (Å²) in [5.41, 5.74) is -0.597. The molecule has 0 aliphatic heterocycles. The van der Waals surface area contributed by atoms with Gasteiger partial charge in [0.05, 0.1) is 18.4 Å². The number of pyridine rings is 1. The zero-order valence-corrected chi connectivity index (χ0v) is 17.7. The molecule has 12 heteroatoms. The first kappa shape index (κ1) is 23.3. The number of amides is 1. The van der Waals surface area contributed by atoms with Crippen molar-refractivity contribution in [3.05, 3.63) is 59.1 Å². The number of hydrogen-bond donors (Lipinski definition) is 1. The molecule has 0 bridgehead atoms. The van der Waals surface area contributed by atoms with Gasteiger partial charge in [-0.3, -0.25) is 9.78 Å². The number of nitrogens with zero attached hydrogens (tertiary/aromatic N) is 2. The third-order valence-electron chi connectivity index (χ3n) is 4.24. The number of furan rings is 1. The second-order valence-corrected chi connectivity index (χ2v) is 8.40. The van der Waals surface area contributed by atoms with Crippen molar-refractivity contribution in [1.29, 1.82) is 0 Å². The Balaban J connectivity index is 1.80. The largest absolute Gasteiger partial charge is 0.489 e. The lowest BCUT2D eigenvalue weighted by Crippen LogP contribution is -2.25. The van der Waals surface area contributed by atoms with E-state index in [0.717, 1.165) is 18.7 Å². The molecular weight excluding hydrogens is 451 g/mol. The molecule has 0 spiro atoms. The summed E-state index contributed by atoms with van der Waals surface area (Å²) in [6, 6.07) is 7.18. The molecule has 8 nitrogen and oxygen atoms in total. The molecule has 3 rings (SSSR count). The van der Waals surface area contributed by atoms with Gasteiger partial charge in [-0.2, -0.15) is 17.6 Å². The Morgan fingerprint density at radius 3 is 2.75 bits per heavy atom. The minimum atomic E-state index is -4.61. The molecule has 1 N–H and O–H groups in total. The molecule has 0 aliphatic rings. The number of aryl methyl sites for hydroxylation is 1. The predicted octanol–water partition coefficient (Wildman–Crippen LogP) is 3.49. The fourth-order valence-corrected chi connectivity index (χ4v) is 3.29. The lowest BCUT2D eigenvalue weighted by molar-refractivity contribution is -0.142. The van der Waals surface area contributed by atoms with Gasteiger partial charge >= 0.3 is 6.18 Å². The molecule has 0 fully saturated rings. The Hall–Kier alpha value is -3.41. The average molecular weight is 469 g/mol. The van der Waals surface area contributed by atoms with Gasteiger partial charge in [0.25, 0.3) is 5.91 Å². The van der Waals surface area contributed by atoms with E-state index >= 15 is 0 Å². The van der Waals surface area contributed by atoms with Crippen LogP contribution in [0, 0.1) is 6.92 Å². The zero-order valence-electron chi connectivity index (χ0n) is 16.9. The van der Waals surface area contributed by atoms with Gasteiger partial charge in [0, 0.05) is 23.4 Å². The van der Waals surface area contributed by atoms with E-state index in [-0.39, 0.29) is 30.0 Å². The summed E-state index contributed by atoms with van der Waals surface area (Å²) in [5, 5.41) is 2.89. The van der Waals surface area contributed by atoms with E-state index in [1.54, 1.807) is 6.92 Å². The van der Waals surface area contributed by atoms with Crippen LogP contribution < -0.4 is 10.1 Å². The number of aromatic nitrogens is 1. The smallest absolute Gasteiger partial charge is 0.433 e. The fourth-order valence-electron chi connectivity index (χ4n) is 2.94. The van der Waals surface area contributed by atoms with Gasteiger partial charge in [-0.1, -0.05) is 6.07 Å². The average Bonchev–Trinajstić information content (AvgIpc) is 3.03. The van der Waals surface area contributed by atoms with E-state index in [9.17, 15) is 26.4 Å². The Bertz CT molecular complexity index is 1280. The van der Waals surface area contributed by atoms with Crippen LogP contribution in [0.25, 0.3) is 11.0 Å². The molecule has 1 aromatic carbocycles. The highest BCUT2D eigenvalue weighted by atomic mass is 32.2. The first-order chi connectivity index (χ1) is 15.0. The van der Waals surface area contributed by atoms with Crippen molar-refractivity contribution in [3.63, 3.8) is 0 Å². The lowest BCUT2D eigenvalue weighted by atomic mass is 10.1. The summed E-state index contributed by atoms with van der Waals surface area (Å²) >= 11 is 0. The second-order valence-electron chi connectivity index (χ2n) is 6.72. The maximum absolute atomic E-state index is 13.1. The van der Waals surface area contributed by atoms with Crippen LogP contribution in [-0.4, -0.2) is 38.3 Å². The Kier molecular flexibility index (Phi) is 6.53. The molecule has 0 unspecified atom stereocenters. The first-order valence-corrected chi connectivity index (χ1v) is 11.0. The molecular formula is C20H18F3N3O5S. The normalized spacial score (nSPS) is 12.4. The number of fused-ring (bicyclic) bond motifs is 1. The van der Waals surface area contributed by atoms with Gasteiger partial charge in [0.1, 0.15) is 23.7 Å². The predicted molar refractivity (Wildman–Crippen MR) is 110 cm³/mol. The van der Waals surface area contributed by atoms with Crippen molar-refractivity contribution in [3.8, 4) is 5.75 Å². The van der Waals surface area contributed by atoms with Crippen LogP contribution >= 0.6 is 0 Å². The van der Waals surface area contributed by atoms with Crippen LogP contribution in [-0.2, 0) is 22.8 Å². The minimum Gasteiger partial charge on any atom is -0.489 e. The molecule has 0 saturated carbocycles. The minimum absolute atomic E-state index is 0.130. The molecule has 3 aromatic rings. The van der Waals surface area contributed by atoms with Crippen molar-refractivity contribution in [2.45, 2.75) is 19.7 Å². The number of alkyl halides is 3. The second kappa shape index (κ2) is 8.99. The number of benzene rings is 1. The molecule has 2 heterocycles. The van der Waals surface area contributed by atoms with E-state index in [2.05, 4.69) is 14.7 Å². The molecule has 0 atom stereocenters. The van der Waals surface area contributed by atoms with Crippen LogP contribution in [0.1, 0.15) is 27.4 Å². The summed E-state index contributed by atoms with van der Waals surface area (Å²) < 4.78 is 75.7. The maximum Gasteiger partial charge on any atom is 0.433 e. The van der Waals surface area contributed by atoms with Crippen LogP contribution in [0.4, 0.5) is 13.2 Å². The van der Waals surface area contributed by atoms with Gasteiger partial charge in [-0.05, 0) is 31.2 Å². The van der Waals surface area contributed by atoms with Crippen molar-refractivity contribution in [2.24, 2.45) is 4.40 Å². The summed E-state index contributed by atoms with van der Waals surface area (Å²) in [6.45, 7) is 1.06. The summed E-state index contributed by atoms with van der Waals surface area (Å²) in [4.78, 5) is 15.9. The SMILES string of the molecule is Cc1oc2ccc(OCc3cccnc3C(F)(F)F)cc2c1C(=O)NC/C=N/S(C)(=O)=O. The number of ether oxygens (including phenoxy) is 1.